The average Bonchev–Trinajstić information content (AvgIpc) is 2.35. The minimum Gasteiger partial charge on any atom is -0.497 e. The molecule has 0 aliphatic carbocycles. The molecule has 94 valence electrons. The summed E-state index contributed by atoms with van der Waals surface area (Å²) in [6.07, 6.45) is 0. The van der Waals surface area contributed by atoms with E-state index in [-0.39, 0.29) is 0 Å². The van der Waals surface area contributed by atoms with Gasteiger partial charge in [-0.25, -0.2) is 0 Å². The molecule has 1 aliphatic rings. The molecule has 0 radical (unpaired) electrons. The van der Waals surface area contributed by atoms with Crippen molar-refractivity contribution < 1.29 is 4.74 Å². The lowest BCUT2D eigenvalue weighted by molar-refractivity contribution is 0.223. The predicted molar refractivity (Wildman–Crippen MR) is 77.9 cm³/mol. The third-order valence-corrected chi connectivity index (χ3v) is 5.09. The van der Waals surface area contributed by atoms with Gasteiger partial charge >= 0.3 is 0 Å². The second kappa shape index (κ2) is 6.12. The zero-order chi connectivity index (χ0) is 12.3. The van der Waals surface area contributed by atoms with E-state index in [9.17, 15) is 0 Å². The summed E-state index contributed by atoms with van der Waals surface area (Å²) in [5, 5.41) is 0. The molecule has 0 amide bonds. The maximum atomic E-state index is 5.28. The first-order chi connectivity index (χ1) is 8.20. The number of ether oxygens (including phenoxy) is 1. The monoisotopic (exact) mass is 315 g/mol. The lowest BCUT2D eigenvalue weighted by Gasteiger charge is -2.33. The van der Waals surface area contributed by atoms with Crippen LogP contribution in [0.1, 0.15) is 12.5 Å². The number of thioether (sulfide) groups is 1. The molecule has 1 atom stereocenters. The summed E-state index contributed by atoms with van der Waals surface area (Å²) in [6.45, 7) is 4.48. The normalized spacial score (nSPS) is 21.5. The predicted octanol–water partition coefficient (Wildman–Crippen LogP) is 3.40. The van der Waals surface area contributed by atoms with Crippen molar-refractivity contribution in [2.24, 2.45) is 0 Å². The first kappa shape index (κ1) is 13.2. The van der Waals surface area contributed by atoms with Gasteiger partial charge < -0.3 is 4.74 Å². The fourth-order valence-electron chi connectivity index (χ4n) is 2.01. The molecule has 1 heterocycles. The second-order valence-corrected chi connectivity index (χ2v) is 6.36. The fraction of sp³-hybridized carbons (Fsp3) is 0.538. The van der Waals surface area contributed by atoms with Crippen molar-refractivity contribution in [3.63, 3.8) is 0 Å². The smallest absolute Gasteiger partial charge is 0.119 e. The van der Waals surface area contributed by atoms with Gasteiger partial charge in [0.15, 0.2) is 0 Å². The zero-order valence-electron chi connectivity index (χ0n) is 10.3. The highest BCUT2D eigenvalue weighted by atomic mass is 79.9. The third-order valence-electron chi connectivity index (χ3n) is 3.13. The van der Waals surface area contributed by atoms with E-state index < -0.39 is 0 Å². The molecule has 0 saturated carbocycles. The number of benzene rings is 1. The van der Waals surface area contributed by atoms with Crippen molar-refractivity contribution in [2.45, 2.75) is 19.5 Å². The third kappa shape index (κ3) is 3.39. The molecule has 2 rings (SSSR count). The van der Waals surface area contributed by atoms with Crippen LogP contribution < -0.4 is 4.74 Å². The summed E-state index contributed by atoms with van der Waals surface area (Å²) in [5.74, 6) is 3.41. The number of halogens is 1. The van der Waals surface area contributed by atoms with E-state index in [1.807, 2.05) is 6.07 Å². The molecule has 2 nitrogen and oxygen atoms in total. The summed E-state index contributed by atoms with van der Waals surface area (Å²) in [6, 6.07) is 6.84. The van der Waals surface area contributed by atoms with Gasteiger partial charge in [-0.2, -0.15) is 11.8 Å². The maximum Gasteiger partial charge on any atom is 0.119 e. The van der Waals surface area contributed by atoms with E-state index in [1.165, 1.54) is 28.1 Å². The molecule has 17 heavy (non-hydrogen) atoms. The Morgan fingerprint density at radius 1 is 1.53 bits per heavy atom. The van der Waals surface area contributed by atoms with Crippen molar-refractivity contribution in [1.82, 2.24) is 4.90 Å². The van der Waals surface area contributed by atoms with Crippen LogP contribution in [0.4, 0.5) is 0 Å². The van der Waals surface area contributed by atoms with Gasteiger partial charge in [0, 0.05) is 35.1 Å². The van der Waals surface area contributed by atoms with E-state index in [4.69, 9.17) is 4.74 Å². The Balaban J connectivity index is 2.11. The molecule has 1 aliphatic heterocycles. The largest absolute Gasteiger partial charge is 0.497 e. The van der Waals surface area contributed by atoms with E-state index in [1.54, 1.807) is 7.11 Å². The van der Waals surface area contributed by atoms with Crippen LogP contribution in [0.25, 0.3) is 0 Å². The summed E-state index contributed by atoms with van der Waals surface area (Å²) in [7, 11) is 1.72. The highest BCUT2D eigenvalue weighted by Crippen LogP contribution is 2.26. The van der Waals surface area contributed by atoms with Gasteiger partial charge in [-0.1, -0.05) is 15.9 Å². The molecular formula is C13H18BrNOS. The van der Waals surface area contributed by atoms with Gasteiger partial charge in [-0.15, -0.1) is 0 Å². The van der Waals surface area contributed by atoms with Crippen molar-refractivity contribution in [1.29, 1.82) is 0 Å². The summed E-state index contributed by atoms with van der Waals surface area (Å²) in [4.78, 5) is 2.54. The molecular weight excluding hydrogens is 298 g/mol. The molecule has 4 heteroatoms. The Hall–Kier alpha value is -0.190. The van der Waals surface area contributed by atoms with Crippen LogP contribution in [-0.4, -0.2) is 36.1 Å². The summed E-state index contributed by atoms with van der Waals surface area (Å²) < 4.78 is 6.45. The Kier molecular flexibility index (Phi) is 4.77. The number of rotatable bonds is 3. The van der Waals surface area contributed by atoms with E-state index in [0.29, 0.717) is 6.04 Å². The molecule has 1 unspecified atom stereocenters. The van der Waals surface area contributed by atoms with Crippen LogP contribution in [-0.2, 0) is 6.54 Å². The quantitative estimate of drug-likeness (QED) is 0.848. The highest BCUT2D eigenvalue weighted by molar-refractivity contribution is 9.10. The second-order valence-electron chi connectivity index (χ2n) is 4.35. The van der Waals surface area contributed by atoms with Crippen molar-refractivity contribution in [3.8, 4) is 5.75 Å². The van der Waals surface area contributed by atoms with E-state index in [2.05, 4.69) is 51.6 Å². The Labute approximate surface area is 116 Å². The minimum absolute atomic E-state index is 0.659. The number of methoxy groups -OCH3 is 1. The molecule has 0 aromatic heterocycles. The van der Waals surface area contributed by atoms with Crippen LogP contribution >= 0.6 is 27.7 Å². The summed E-state index contributed by atoms with van der Waals surface area (Å²) in [5.41, 5.74) is 1.31. The zero-order valence-corrected chi connectivity index (χ0v) is 12.7. The van der Waals surface area contributed by atoms with Crippen LogP contribution in [0.5, 0.6) is 5.75 Å². The van der Waals surface area contributed by atoms with Crippen molar-refractivity contribution >= 4 is 27.7 Å². The number of nitrogens with zero attached hydrogens (tertiary/aromatic N) is 1. The van der Waals surface area contributed by atoms with E-state index >= 15 is 0 Å². The lowest BCUT2D eigenvalue weighted by Crippen LogP contribution is -2.39. The van der Waals surface area contributed by atoms with Gasteiger partial charge in [0.1, 0.15) is 5.75 Å². The van der Waals surface area contributed by atoms with Gasteiger partial charge in [0.25, 0.3) is 0 Å². The van der Waals surface area contributed by atoms with Crippen LogP contribution in [0, 0.1) is 0 Å². The molecule has 0 N–H and O–H groups in total. The molecule has 0 bridgehead atoms. The minimum atomic E-state index is 0.659. The van der Waals surface area contributed by atoms with Gasteiger partial charge in [0.05, 0.1) is 7.11 Å². The van der Waals surface area contributed by atoms with Gasteiger partial charge in [-0.05, 0) is 30.7 Å². The SMILES string of the molecule is COc1ccc(Br)c(CN2CCSCC2C)c1. The molecule has 1 saturated heterocycles. The Bertz CT molecular complexity index is 386. The Morgan fingerprint density at radius 2 is 2.35 bits per heavy atom. The molecule has 1 fully saturated rings. The van der Waals surface area contributed by atoms with Crippen LogP contribution in [0.3, 0.4) is 0 Å². The van der Waals surface area contributed by atoms with Gasteiger partial charge in [-0.3, -0.25) is 4.90 Å². The molecule has 1 aromatic carbocycles. The number of hydrogen-bond acceptors (Lipinski definition) is 3. The molecule has 0 spiro atoms. The van der Waals surface area contributed by atoms with E-state index in [0.717, 1.165) is 12.3 Å². The summed E-state index contributed by atoms with van der Waals surface area (Å²) >= 11 is 5.67. The number of hydrogen-bond donors (Lipinski definition) is 0. The van der Waals surface area contributed by atoms with Crippen LogP contribution in [0.15, 0.2) is 22.7 Å². The topological polar surface area (TPSA) is 12.5 Å². The highest BCUT2D eigenvalue weighted by Gasteiger charge is 2.19. The van der Waals surface area contributed by atoms with Crippen molar-refractivity contribution in [3.05, 3.63) is 28.2 Å². The lowest BCUT2D eigenvalue weighted by atomic mass is 10.1. The maximum absolute atomic E-state index is 5.28. The van der Waals surface area contributed by atoms with Crippen molar-refractivity contribution in [2.75, 3.05) is 25.2 Å². The molecule has 1 aromatic rings. The standard InChI is InChI=1S/C13H18BrNOS/c1-10-9-17-6-5-15(10)8-11-7-12(16-2)3-4-13(11)14/h3-4,7,10H,5-6,8-9H2,1-2H3. The first-order valence-corrected chi connectivity index (χ1v) is 7.79. The van der Waals surface area contributed by atoms with Gasteiger partial charge in [0.2, 0.25) is 0 Å². The first-order valence-electron chi connectivity index (χ1n) is 5.85. The average molecular weight is 316 g/mol. The van der Waals surface area contributed by atoms with Crippen LogP contribution in [0.2, 0.25) is 0 Å². The fourth-order valence-corrected chi connectivity index (χ4v) is 3.47. The Morgan fingerprint density at radius 3 is 3.06 bits per heavy atom.